The van der Waals surface area contributed by atoms with Gasteiger partial charge in [-0.05, 0) is 21.0 Å². The van der Waals surface area contributed by atoms with Gasteiger partial charge in [-0.3, -0.25) is 9.59 Å². The lowest BCUT2D eigenvalue weighted by Gasteiger charge is -2.09. The Balaban J connectivity index is 2.52. The number of carbonyl (C=O) groups excluding carboxylic acids is 2. The Bertz CT molecular complexity index is 396. The van der Waals surface area contributed by atoms with Gasteiger partial charge in [0.15, 0.2) is 0 Å². The van der Waals surface area contributed by atoms with Crippen LogP contribution in [-0.4, -0.2) is 43.8 Å². The summed E-state index contributed by atoms with van der Waals surface area (Å²) in [5.74, 6) is -1.03. The van der Waals surface area contributed by atoms with E-state index in [0.29, 0.717) is 18.7 Å². The molecule has 1 aromatic carbocycles. The Kier molecular flexibility index (Phi) is 4.84. The molecule has 1 N–H and O–H groups in total. The number of nitrogens with one attached hydrogen (secondary N) is 1. The lowest BCUT2D eigenvalue weighted by Crippen LogP contribution is -2.35. The van der Waals surface area contributed by atoms with Crippen molar-refractivity contribution in [2.45, 2.75) is 6.92 Å². The zero-order valence-corrected chi connectivity index (χ0v) is 10.5. The van der Waals surface area contributed by atoms with Crippen LogP contribution in [0.15, 0.2) is 24.3 Å². The molecule has 4 heteroatoms. The molecular weight excluding hydrogens is 216 g/mol. The standard InChI is InChI=1S/C13H18N2O2/c1-10-4-6-11(7-5-10)12(16)13(17)14-8-9-15(2)3/h4-7H,8-9H2,1-3H3,(H,14,17). The van der Waals surface area contributed by atoms with Crippen molar-refractivity contribution in [1.29, 1.82) is 0 Å². The maximum atomic E-state index is 11.7. The van der Waals surface area contributed by atoms with Crippen LogP contribution in [-0.2, 0) is 4.79 Å². The van der Waals surface area contributed by atoms with Crippen molar-refractivity contribution in [1.82, 2.24) is 10.2 Å². The number of amides is 1. The average molecular weight is 234 g/mol. The summed E-state index contributed by atoms with van der Waals surface area (Å²) in [4.78, 5) is 25.2. The molecule has 0 aliphatic heterocycles. The molecule has 0 saturated carbocycles. The van der Waals surface area contributed by atoms with Crippen LogP contribution in [0.5, 0.6) is 0 Å². The number of ketones is 1. The van der Waals surface area contributed by atoms with Crippen molar-refractivity contribution < 1.29 is 9.59 Å². The van der Waals surface area contributed by atoms with Gasteiger partial charge in [-0.1, -0.05) is 29.8 Å². The maximum absolute atomic E-state index is 11.7. The smallest absolute Gasteiger partial charge is 0.292 e. The zero-order valence-electron chi connectivity index (χ0n) is 10.5. The van der Waals surface area contributed by atoms with Crippen LogP contribution in [0.3, 0.4) is 0 Å². The molecular formula is C13H18N2O2. The van der Waals surface area contributed by atoms with E-state index in [-0.39, 0.29) is 0 Å². The fraction of sp³-hybridized carbons (Fsp3) is 0.385. The van der Waals surface area contributed by atoms with E-state index in [1.165, 1.54) is 0 Å². The molecule has 0 heterocycles. The lowest BCUT2D eigenvalue weighted by atomic mass is 10.1. The second-order valence-electron chi connectivity index (χ2n) is 4.25. The van der Waals surface area contributed by atoms with Gasteiger partial charge in [-0.25, -0.2) is 0 Å². The van der Waals surface area contributed by atoms with Crippen LogP contribution < -0.4 is 5.32 Å². The van der Waals surface area contributed by atoms with Crippen molar-refractivity contribution >= 4 is 11.7 Å². The average Bonchev–Trinajstić information content (AvgIpc) is 2.28. The Morgan fingerprint density at radius 1 is 1.18 bits per heavy atom. The summed E-state index contributed by atoms with van der Waals surface area (Å²) in [5, 5.41) is 2.60. The topological polar surface area (TPSA) is 49.4 Å². The third-order valence-corrected chi connectivity index (χ3v) is 2.36. The molecule has 4 nitrogen and oxygen atoms in total. The predicted octanol–water partition coefficient (Wildman–Crippen LogP) is 0.856. The third-order valence-electron chi connectivity index (χ3n) is 2.36. The second-order valence-corrected chi connectivity index (χ2v) is 4.25. The number of Topliss-reactive ketones (excluding diaryl/α,β-unsaturated/α-hetero) is 1. The summed E-state index contributed by atoms with van der Waals surface area (Å²) in [7, 11) is 3.82. The van der Waals surface area contributed by atoms with Gasteiger partial charge in [0.2, 0.25) is 5.78 Å². The predicted molar refractivity (Wildman–Crippen MR) is 67.1 cm³/mol. The van der Waals surface area contributed by atoms with E-state index >= 15 is 0 Å². The summed E-state index contributed by atoms with van der Waals surface area (Å²) >= 11 is 0. The maximum Gasteiger partial charge on any atom is 0.292 e. The number of rotatable bonds is 5. The molecule has 1 aromatic rings. The molecule has 0 aliphatic carbocycles. The van der Waals surface area contributed by atoms with Gasteiger partial charge in [0, 0.05) is 18.7 Å². The minimum atomic E-state index is -0.546. The van der Waals surface area contributed by atoms with Gasteiger partial charge in [-0.2, -0.15) is 0 Å². The molecule has 0 atom stereocenters. The van der Waals surface area contributed by atoms with Crippen molar-refractivity contribution in [2.24, 2.45) is 0 Å². The van der Waals surface area contributed by atoms with E-state index in [1.54, 1.807) is 12.1 Å². The largest absolute Gasteiger partial charge is 0.348 e. The first-order chi connectivity index (χ1) is 8.00. The molecule has 1 amide bonds. The Hall–Kier alpha value is -1.68. The second kappa shape index (κ2) is 6.15. The van der Waals surface area contributed by atoms with Gasteiger partial charge in [0.25, 0.3) is 5.91 Å². The molecule has 0 saturated heterocycles. The fourth-order valence-electron chi connectivity index (χ4n) is 1.31. The van der Waals surface area contributed by atoms with E-state index < -0.39 is 11.7 Å². The fourth-order valence-corrected chi connectivity index (χ4v) is 1.31. The van der Waals surface area contributed by atoms with Gasteiger partial charge in [0.1, 0.15) is 0 Å². The van der Waals surface area contributed by atoms with E-state index in [1.807, 2.05) is 38.1 Å². The number of aryl methyl sites for hydroxylation is 1. The quantitative estimate of drug-likeness (QED) is 0.607. The molecule has 92 valence electrons. The molecule has 0 fully saturated rings. The monoisotopic (exact) mass is 234 g/mol. The van der Waals surface area contributed by atoms with Crippen LogP contribution in [0.25, 0.3) is 0 Å². The zero-order chi connectivity index (χ0) is 12.8. The first-order valence-corrected chi connectivity index (χ1v) is 5.54. The molecule has 1 rings (SSSR count). The van der Waals surface area contributed by atoms with E-state index in [9.17, 15) is 9.59 Å². The Labute approximate surface area is 102 Å². The highest BCUT2D eigenvalue weighted by atomic mass is 16.2. The molecule has 17 heavy (non-hydrogen) atoms. The highest BCUT2D eigenvalue weighted by molar-refractivity contribution is 6.42. The minimum Gasteiger partial charge on any atom is -0.348 e. The molecule has 0 spiro atoms. The highest BCUT2D eigenvalue weighted by Crippen LogP contribution is 2.03. The van der Waals surface area contributed by atoms with Crippen LogP contribution in [0.1, 0.15) is 15.9 Å². The lowest BCUT2D eigenvalue weighted by molar-refractivity contribution is -0.117. The van der Waals surface area contributed by atoms with E-state index in [4.69, 9.17) is 0 Å². The number of hydrogen-bond donors (Lipinski definition) is 1. The van der Waals surface area contributed by atoms with Crippen LogP contribution in [0, 0.1) is 6.92 Å². The summed E-state index contributed by atoms with van der Waals surface area (Å²) < 4.78 is 0. The Morgan fingerprint density at radius 3 is 2.29 bits per heavy atom. The summed E-state index contributed by atoms with van der Waals surface area (Å²) in [6, 6.07) is 6.98. The molecule has 0 aliphatic rings. The third kappa shape index (κ3) is 4.36. The number of carbonyl (C=O) groups is 2. The van der Waals surface area contributed by atoms with Crippen LogP contribution in [0.2, 0.25) is 0 Å². The van der Waals surface area contributed by atoms with Gasteiger partial charge in [-0.15, -0.1) is 0 Å². The highest BCUT2D eigenvalue weighted by Gasteiger charge is 2.14. The van der Waals surface area contributed by atoms with Crippen molar-refractivity contribution in [3.8, 4) is 0 Å². The number of benzene rings is 1. The molecule has 0 radical (unpaired) electrons. The van der Waals surface area contributed by atoms with Crippen molar-refractivity contribution in [2.75, 3.05) is 27.2 Å². The first kappa shape index (κ1) is 13.4. The van der Waals surface area contributed by atoms with Gasteiger partial charge >= 0.3 is 0 Å². The Morgan fingerprint density at radius 2 is 1.76 bits per heavy atom. The molecule has 0 bridgehead atoms. The summed E-state index contributed by atoms with van der Waals surface area (Å²) in [6.45, 7) is 3.13. The molecule has 0 unspecified atom stereocenters. The summed E-state index contributed by atoms with van der Waals surface area (Å²) in [5.41, 5.74) is 1.49. The van der Waals surface area contributed by atoms with Gasteiger partial charge < -0.3 is 10.2 Å². The summed E-state index contributed by atoms with van der Waals surface area (Å²) in [6.07, 6.45) is 0. The number of likely N-dealkylation sites (N-methyl/N-ethyl adjacent to an activating group) is 1. The normalized spacial score (nSPS) is 10.4. The van der Waals surface area contributed by atoms with Gasteiger partial charge in [0.05, 0.1) is 0 Å². The van der Waals surface area contributed by atoms with Crippen molar-refractivity contribution in [3.63, 3.8) is 0 Å². The van der Waals surface area contributed by atoms with E-state index in [2.05, 4.69) is 5.32 Å². The van der Waals surface area contributed by atoms with E-state index in [0.717, 1.165) is 5.56 Å². The number of nitrogens with zero attached hydrogens (tertiary/aromatic N) is 1. The minimum absolute atomic E-state index is 0.429. The molecule has 0 aromatic heterocycles. The number of hydrogen-bond acceptors (Lipinski definition) is 3. The van der Waals surface area contributed by atoms with Crippen molar-refractivity contribution in [3.05, 3.63) is 35.4 Å². The SMILES string of the molecule is Cc1ccc(C(=O)C(=O)NCCN(C)C)cc1. The first-order valence-electron chi connectivity index (χ1n) is 5.54. The van der Waals surface area contributed by atoms with Crippen LogP contribution in [0.4, 0.5) is 0 Å². The van der Waals surface area contributed by atoms with Crippen LogP contribution >= 0.6 is 0 Å².